The number of esters is 1. The van der Waals surface area contributed by atoms with Crippen LogP contribution in [0.3, 0.4) is 0 Å². The SMILES string of the molecule is CCC(=O)Nc1ccc(C(=O)N/N=C/c2cc(Cl)ccc2OC(=O)c2ccc(OC)cc2)cc1. The van der Waals surface area contributed by atoms with Gasteiger partial charge in [0.05, 0.1) is 18.9 Å². The maximum atomic E-state index is 12.5. The normalized spacial score (nSPS) is 10.6. The molecule has 0 bridgehead atoms. The lowest BCUT2D eigenvalue weighted by atomic mass is 10.2. The number of hydrazone groups is 1. The van der Waals surface area contributed by atoms with E-state index in [9.17, 15) is 14.4 Å². The van der Waals surface area contributed by atoms with Gasteiger partial charge >= 0.3 is 5.97 Å². The van der Waals surface area contributed by atoms with E-state index in [1.54, 1.807) is 67.6 Å². The largest absolute Gasteiger partial charge is 0.497 e. The van der Waals surface area contributed by atoms with Crippen LogP contribution in [0.1, 0.15) is 39.6 Å². The summed E-state index contributed by atoms with van der Waals surface area (Å²) in [5.74, 6) is -0.305. The number of halogens is 1. The molecule has 0 aliphatic heterocycles. The maximum absolute atomic E-state index is 12.5. The molecule has 0 aliphatic carbocycles. The van der Waals surface area contributed by atoms with Crippen molar-refractivity contribution >= 4 is 41.3 Å². The van der Waals surface area contributed by atoms with Crippen LogP contribution in [-0.4, -0.2) is 31.1 Å². The predicted molar refractivity (Wildman–Crippen MR) is 130 cm³/mol. The zero-order valence-electron chi connectivity index (χ0n) is 18.5. The molecule has 0 spiro atoms. The second-order valence-electron chi connectivity index (χ2n) is 6.98. The van der Waals surface area contributed by atoms with Crippen molar-refractivity contribution in [1.29, 1.82) is 0 Å². The van der Waals surface area contributed by atoms with Gasteiger partial charge < -0.3 is 14.8 Å². The van der Waals surface area contributed by atoms with Crippen LogP contribution in [-0.2, 0) is 4.79 Å². The highest BCUT2D eigenvalue weighted by Gasteiger charge is 2.12. The Bertz CT molecular complexity index is 1210. The van der Waals surface area contributed by atoms with Gasteiger partial charge in [0.25, 0.3) is 5.91 Å². The quantitative estimate of drug-likeness (QED) is 0.211. The molecule has 3 rings (SSSR count). The van der Waals surface area contributed by atoms with Gasteiger partial charge in [-0.3, -0.25) is 9.59 Å². The average molecular weight is 480 g/mol. The van der Waals surface area contributed by atoms with Gasteiger partial charge in [-0.05, 0) is 66.7 Å². The van der Waals surface area contributed by atoms with Crippen LogP contribution >= 0.6 is 11.6 Å². The Hall–Kier alpha value is -4.17. The van der Waals surface area contributed by atoms with Gasteiger partial charge in [0.1, 0.15) is 11.5 Å². The molecule has 0 saturated carbocycles. The van der Waals surface area contributed by atoms with Crippen molar-refractivity contribution in [3.8, 4) is 11.5 Å². The lowest BCUT2D eigenvalue weighted by molar-refractivity contribution is -0.115. The molecular formula is C25H22ClN3O5. The summed E-state index contributed by atoms with van der Waals surface area (Å²) in [6.07, 6.45) is 1.69. The number of nitrogens with one attached hydrogen (secondary N) is 2. The van der Waals surface area contributed by atoms with E-state index in [0.717, 1.165) is 0 Å². The molecule has 8 nitrogen and oxygen atoms in total. The Morgan fingerprint density at radius 1 is 0.971 bits per heavy atom. The Balaban J connectivity index is 1.67. The van der Waals surface area contributed by atoms with Crippen LogP contribution in [0.2, 0.25) is 5.02 Å². The van der Waals surface area contributed by atoms with Gasteiger partial charge in [-0.2, -0.15) is 5.10 Å². The monoisotopic (exact) mass is 479 g/mol. The number of nitrogens with zero attached hydrogens (tertiary/aromatic N) is 1. The van der Waals surface area contributed by atoms with Crippen molar-refractivity contribution < 1.29 is 23.9 Å². The molecular weight excluding hydrogens is 458 g/mol. The first-order chi connectivity index (χ1) is 16.4. The molecule has 34 heavy (non-hydrogen) atoms. The summed E-state index contributed by atoms with van der Waals surface area (Å²) >= 11 is 6.07. The van der Waals surface area contributed by atoms with E-state index in [2.05, 4.69) is 15.8 Å². The van der Waals surface area contributed by atoms with Crippen LogP contribution in [0.5, 0.6) is 11.5 Å². The van der Waals surface area contributed by atoms with E-state index < -0.39 is 11.9 Å². The molecule has 0 aliphatic rings. The summed E-state index contributed by atoms with van der Waals surface area (Å²) in [5.41, 5.74) is 4.09. The number of anilines is 1. The van der Waals surface area contributed by atoms with Crippen molar-refractivity contribution in [3.05, 3.63) is 88.4 Å². The highest BCUT2D eigenvalue weighted by atomic mass is 35.5. The Kier molecular flexibility index (Phi) is 8.37. The number of methoxy groups -OCH3 is 1. The lowest BCUT2D eigenvalue weighted by Crippen LogP contribution is -2.18. The number of hydrogen-bond acceptors (Lipinski definition) is 6. The molecule has 0 radical (unpaired) electrons. The smallest absolute Gasteiger partial charge is 0.343 e. The Morgan fingerprint density at radius 2 is 1.65 bits per heavy atom. The van der Waals surface area contributed by atoms with Gasteiger partial charge in [-0.15, -0.1) is 0 Å². The molecule has 0 atom stereocenters. The molecule has 0 saturated heterocycles. The summed E-state index contributed by atoms with van der Waals surface area (Å²) in [5, 5.41) is 7.06. The van der Waals surface area contributed by atoms with Gasteiger partial charge in [-0.1, -0.05) is 18.5 Å². The third-order valence-electron chi connectivity index (χ3n) is 4.62. The molecule has 0 aromatic heterocycles. The zero-order chi connectivity index (χ0) is 24.5. The molecule has 0 fully saturated rings. The molecule has 3 aromatic carbocycles. The van der Waals surface area contributed by atoms with E-state index in [-0.39, 0.29) is 11.7 Å². The topological polar surface area (TPSA) is 106 Å². The summed E-state index contributed by atoms with van der Waals surface area (Å²) in [4.78, 5) is 36.3. The van der Waals surface area contributed by atoms with Crippen molar-refractivity contribution in [2.75, 3.05) is 12.4 Å². The number of benzene rings is 3. The second-order valence-corrected chi connectivity index (χ2v) is 7.41. The van der Waals surface area contributed by atoms with Gasteiger partial charge in [0.15, 0.2) is 0 Å². The van der Waals surface area contributed by atoms with Crippen LogP contribution < -0.4 is 20.2 Å². The minimum absolute atomic E-state index is 0.119. The number of amides is 2. The van der Waals surface area contributed by atoms with E-state index in [1.807, 2.05) is 0 Å². The molecule has 2 amide bonds. The third kappa shape index (κ3) is 6.66. The lowest BCUT2D eigenvalue weighted by Gasteiger charge is -2.08. The molecule has 174 valence electrons. The van der Waals surface area contributed by atoms with Crippen molar-refractivity contribution in [2.45, 2.75) is 13.3 Å². The minimum Gasteiger partial charge on any atom is -0.497 e. The molecule has 0 heterocycles. The first kappa shape index (κ1) is 24.5. The fourth-order valence-corrected chi connectivity index (χ4v) is 2.96. The number of ether oxygens (including phenoxy) is 2. The van der Waals surface area contributed by atoms with Crippen molar-refractivity contribution in [3.63, 3.8) is 0 Å². The van der Waals surface area contributed by atoms with Gasteiger partial charge in [0, 0.05) is 28.3 Å². The van der Waals surface area contributed by atoms with Crippen LogP contribution in [0.15, 0.2) is 71.8 Å². The van der Waals surface area contributed by atoms with Crippen LogP contribution in [0.4, 0.5) is 5.69 Å². The van der Waals surface area contributed by atoms with E-state index in [0.29, 0.717) is 39.6 Å². The number of carbonyl (C=O) groups excluding carboxylic acids is 3. The van der Waals surface area contributed by atoms with Gasteiger partial charge in [0.2, 0.25) is 5.91 Å². The number of hydrogen-bond donors (Lipinski definition) is 2. The van der Waals surface area contributed by atoms with E-state index in [1.165, 1.54) is 19.4 Å². The summed E-state index contributed by atoms with van der Waals surface area (Å²) < 4.78 is 10.6. The fourth-order valence-electron chi connectivity index (χ4n) is 2.78. The summed E-state index contributed by atoms with van der Waals surface area (Å²) in [6, 6.07) is 17.5. The second kappa shape index (κ2) is 11.6. The number of carbonyl (C=O) groups is 3. The highest BCUT2D eigenvalue weighted by molar-refractivity contribution is 6.31. The molecule has 3 aromatic rings. The maximum Gasteiger partial charge on any atom is 0.343 e. The zero-order valence-corrected chi connectivity index (χ0v) is 19.3. The molecule has 2 N–H and O–H groups in total. The minimum atomic E-state index is -0.570. The van der Waals surface area contributed by atoms with Crippen LogP contribution in [0.25, 0.3) is 0 Å². The Labute approximate surface area is 201 Å². The van der Waals surface area contributed by atoms with Gasteiger partial charge in [-0.25, -0.2) is 10.2 Å². The first-order valence-electron chi connectivity index (χ1n) is 10.3. The van der Waals surface area contributed by atoms with E-state index in [4.69, 9.17) is 21.1 Å². The van der Waals surface area contributed by atoms with E-state index >= 15 is 0 Å². The molecule has 9 heteroatoms. The summed E-state index contributed by atoms with van der Waals surface area (Å²) in [6.45, 7) is 1.75. The predicted octanol–water partition coefficient (Wildman–Crippen LogP) is 4.68. The van der Waals surface area contributed by atoms with Crippen LogP contribution in [0, 0.1) is 0 Å². The highest BCUT2D eigenvalue weighted by Crippen LogP contribution is 2.23. The Morgan fingerprint density at radius 3 is 2.29 bits per heavy atom. The fraction of sp³-hybridized carbons (Fsp3) is 0.120. The summed E-state index contributed by atoms with van der Waals surface area (Å²) in [7, 11) is 1.54. The number of rotatable bonds is 8. The first-order valence-corrected chi connectivity index (χ1v) is 10.7. The third-order valence-corrected chi connectivity index (χ3v) is 4.86. The van der Waals surface area contributed by atoms with Crippen molar-refractivity contribution in [1.82, 2.24) is 5.43 Å². The standard InChI is InChI=1S/C25H22ClN3O5/c1-3-23(30)28-20-9-4-16(5-10-20)24(31)29-27-15-18-14-19(26)8-13-22(18)34-25(32)17-6-11-21(33-2)12-7-17/h4-15H,3H2,1-2H3,(H,28,30)(H,29,31)/b27-15+. The average Bonchev–Trinajstić information content (AvgIpc) is 2.85. The van der Waals surface area contributed by atoms with Crippen molar-refractivity contribution in [2.24, 2.45) is 5.10 Å². The molecule has 0 unspecified atom stereocenters.